The monoisotopic (exact) mass is 532 g/mol. The van der Waals surface area contributed by atoms with Gasteiger partial charge in [0.15, 0.2) is 0 Å². The maximum absolute atomic E-state index is 12.6. The lowest BCUT2D eigenvalue weighted by Crippen LogP contribution is -2.36. The largest absolute Gasteiger partial charge is 0.384 e. The molecule has 3 aromatic carbocycles. The lowest BCUT2D eigenvalue weighted by molar-refractivity contribution is -0.136. The third kappa shape index (κ3) is 4.87. The number of benzene rings is 3. The maximum Gasteiger partial charge on any atom is 0.313 e. The van der Waals surface area contributed by atoms with Crippen molar-refractivity contribution >= 4 is 57.3 Å². The molecule has 2 amide bonds. The molecule has 6 nitrogen and oxygen atoms in total. The number of halogens is 2. The zero-order chi connectivity index (χ0) is 26.2. The number of fused-ring (bicyclic) bond motifs is 4. The Morgan fingerprint density at radius 3 is 2.51 bits per heavy atom. The molecule has 1 heterocycles. The lowest BCUT2D eigenvalue weighted by atomic mass is 9.82. The van der Waals surface area contributed by atoms with Crippen LogP contribution in [0.2, 0.25) is 10.0 Å². The van der Waals surface area contributed by atoms with E-state index in [4.69, 9.17) is 23.2 Å². The van der Waals surface area contributed by atoms with Crippen LogP contribution in [0.1, 0.15) is 31.4 Å². The molecule has 0 radical (unpaired) electrons. The van der Waals surface area contributed by atoms with Crippen LogP contribution in [0.25, 0.3) is 22.0 Å². The molecular formula is C29H26Cl2N4O2. The van der Waals surface area contributed by atoms with Gasteiger partial charge in [-0.25, -0.2) is 0 Å². The Morgan fingerprint density at radius 1 is 0.865 bits per heavy atom. The number of hydrogen-bond donors (Lipinski definition) is 3. The van der Waals surface area contributed by atoms with Gasteiger partial charge in [0.2, 0.25) is 0 Å². The van der Waals surface area contributed by atoms with Crippen molar-refractivity contribution in [1.82, 2.24) is 10.3 Å². The molecule has 8 heteroatoms. The minimum Gasteiger partial charge on any atom is -0.384 e. The number of amides is 2. The second-order valence-electron chi connectivity index (χ2n) is 9.56. The molecule has 3 N–H and O–H groups in total. The molecular weight excluding hydrogens is 507 g/mol. The Balaban J connectivity index is 1.16. The molecule has 0 saturated heterocycles. The predicted octanol–water partition coefficient (Wildman–Crippen LogP) is 6.40. The van der Waals surface area contributed by atoms with Crippen LogP contribution < -0.4 is 16.0 Å². The van der Waals surface area contributed by atoms with E-state index >= 15 is 0 Å². The highest BCUT2D eigenvalue weighted by molar-refractivity contribution is 6.41. The van der Waals surface area contributed by atoms with Gasteiger partial charge in [-0.15, -0.1) is 0 Å². The summed E-state index contributed by atoms with van der Waals surface area (Å²) in [6, 6.07) is 19.4. The van der Waals surface area contributed by atoms with Crippen molar-refractivity contribution < 1.29 is 9.59 Å². The molecule has 0 aliphatic heterocycles. The second kappa shape index (κ2) is 10.0. The van der Waals surface area contributed by atoms with Gasteiger partial charge in [-0.05, 0) is 65.1 Å². The third-order valence-electron chi connectivity index (χ3n) is 6.78. The van der Waals surface area contributed by atoms with E-state index in [1.807, 2.05) is 48.5 Å². The molecule has 0 bridgehead atoms. The second-order valence-corrected chi connectivity index (χ2v) is 10.4. The van der Waals surface area contributed by atoms with Crippen LogP contribution >= 0.6 is 23.2 Å². The molecule has 0 saturated carbocycles. The summed E-state index contributed by atoms with van der Waals surface area (Å²) in [5.41, 5.74) is 6.38. The Labute approximate surface area is 225 Å². The summed E-state index contributed by atoms with van der Waals surface area (Å²) in [6.45, 7) is 5.23. The van der Waals surface area contributed by atoms with Crippen molar-refractivity contribution in [2.75, 3.05) is 23.7 Å². The van der Waals surface area contributed by atoms with Crippen LogP contribution in [0.4, 0.5) is 11.4 Å². The smallest absolute Gasteiger partial charge is 0.313 e. The predicted molar refractivity (Wildman–Crippen MR) is 151 cm³/mol. The van der Waals surface area contributed by atoms with Crippen LogP contribution in [0.15, 0.2) is 66.9 Å². The summed E-state index contributed by atoms with van der Waals surface area (Å²) in [5, 5.41) is 10.7. The van der Waals surface area contributed by atoms with Gasteiger partial charge in [0.05, 0.1) is 16.2 Å². The van der Waals surface area contributed by atoms with E-state index < -0.39 is 11.8 Å². The molecule has 5 rings (SSSR count). The summed E-state index contributed by atoms with van der Waals surface area (Å²) in [7, 11) is 0. The number of carbonyl (C=O) groups is 2. The van der Waals surface area contributed by atoms with Gasteiger partial charge in [-0.1, -0.05) is 61.3 Å². The molecule has 0 fully saturated rings. The van der Waals surface area contributed by atoms with E-state index in [-0.39, 0.29) is 5.41 Å². The summed E-state index contributed by atoms with van der Waals surface area (Å²) in [5.74, 6) is -1.46. The third-order valence-corrected chi connectivity index (χ3v) is 7.33. The summed E-state index contributed by atoms with van der Waals surface area (Å²) < 4.78 is 0. The highest BCUT2D eigenvalue weighted by Gasteiger charge is 2.36. The molecule has 0 atom stereocenters. The fourth-order valence-electron chi connectivity index (χ4n) is 4.87. The van der Waals surface area contributed by atoms with Crippen LogP contribution in [-0.4, -0.2) is 29.9 Å². The lowest BCUT2D eigenvalue weighted by Gasteiger charge is -2.22. The quantitative estimate of drug-likeness (QED) is 0.198. The maximum atomic E-state index is 12.6. The van der Waals surface area contributed by atoms with Crippen LogP contribution in [-0.2, 0) is 15.0 Å². The zero-order valence-corrected chi connectivity index (χ0v) is 22.0. The standard InChI is InChI=1S/C29H26Cl2N4O2/c1-29(2)21-7-4-3-6-18(21)20-15-23(31)26(16-22(20)29)35-28(37)27(36)34-12-5-11-32-24-10-13-33-25-14-17(30)8-9-19(24)25/h3-4,6-10,13-16H,5,11-12H2,1-2H3,(H,32,33)(H,34,36)(H,35,37). The van der Waals surface area contributed by atoms with Crippen molar-refractivity contribution in [3.63, 3.8) is 0 Å². The Kier molecular flexibility index (Phi) is 6.80. The summed E-state index contributed by atoms with van der Waals surface area (Å²) >= 11 is 12.6. The van der Waals surface area contributed by atoms with Gasteiger partial charge >= 0.3 is 11.8 Å². The minimum atomic E-state index is -0.750. The molecule has 1 aromatic heterocycles. The first-order valence-electron chi connectivity index (χ1n) is 12.1. The van der Waals surface area contributed by atoms with Crippen molar-refractivity contribution in [2.45, 2.75) is 25.7 Å². The van der Waals surface area contributed by atoms with Gasteiger partial charge in [0.1, 0.15) is 0 Å². The van der Waals surface area contributed by atoms with E-state index in [1.165, 1.54) is 5.56 Å². The fourth-order valence-corrected chi connectivity index (χ4v) is 5.24. The van der Waals surface area contributed by atoms with E-state index in [9.17, 15) is 9.59 Å². The first-order chi connectivity index (χ1) is 17.8. The Hall–Kier alpha value is -3.61. The highest BCUT2D eigenvalue weighted by Crippen LogP contribution is 2.50. The molecule has 0 unspecified atom stereocenters. The molecule has 4 aromatic rings. The van der Waals surface area contributed by atoms with Gasteiger partial charge in [0, 0.05) is 40.8 Å². The Morgan fingerprint density at radius 2 is 1.68 bits per heavy atom. The first-order valence-corrected chi connectivity index (χ1v) is 12.8. The fraction of sp³-hybridized carbons (Fsp3) is 0.207. The van der Waals surface area contributed by atoms with E-state index in [0.29, 0.717) is 35.2 Å². The van der Waals surface area contributed by atoms with Crippen molar-refractivity contribution in [3.05, 3.63) is 88.0 Å². The Bertz CT molecular complexity index is 1530. The number of carbonyl (C=O) groups excluding carboxylic acids is 2. The summed E-state index contributed by atoms with van der Waals surface area (Å²) in [6.07, 6.45) is 2.35. The molecule has 1 aliphatic rings. The van der Waals surface area contributed by atoms with E-state index in [2.05, 4.69) is 46.9 Å². The van der Waals surface area contributed by atoms with Crippen LogP contribution in [0.3, 0.4) is 0 Å². The van der Waals surface area contributed by atoms with Crippen LogP contribution in [0, 0.1) is 0 Å². The van der Waals surface area contributed by atoms with Crippen LogP contribution in [0.5, 0.6) is 0 Å². The summed E-state index contributed by atoms with van der Waals surface area (Å²) in [4.78, 5) is 29.4. The van der Waals surface area contributed by atoms with Crippen molar-refractivity contribution in [3.8, 4) is 11.1 Å². The van der Waals surface area contributed by atoms with E-state index in [1.54, 1.807) is 6.20 Å². The average Bonchev–Trinajstić information content (AvgIpc) is 3.09. The first kappa shape index (κ1) is 25.1. The molecule has 188 valence electrons. The molecule has 1 aliphatic carbocycles. The number of pyridine rings is 1. The number of nitrogens with one attached hydrogen (secondary N) is 3. The highest BCUT2D eigenvalue weighted by atomic mass is 35.5. The molecule has 0 spiro atoms. The number of anilines is 2. The van der Waals surface area contributed by atoms with Gasteiger partial charge in [0.25, 0.3) is 0 Å². The van der Waals surface area contributed by atoms with E-state index in [0.717, 1.165) is 33.3 Å². The topological polar surface area (TPSA) is 83.1 Å². The van der Waals surface area contributed by atoms with Gasteiger partial charge in [-0.2, -0.15) is 0 Å². The van der Waals surface area contributed by atoms with Crippen molar-refractivity contribution in [2.24, 2.45) is 0 Å². The average molecular weight is 533 g/mol. The number of aromatic nitrogens is 1. The number of nitrogens with zero attached hydrogens (tertiary/aromatic N) is 1. The zero-order valence-electron chi connectivity index (χ0n) is 20.5. The van der Waals surface area contributed by atoms with Gasteiger partial charge in [-0.3, -0.25) is 14.6 Å². The minimum absolute atomic E-state index is 0.238. The molecule has 37 heavy (non-hydrogen) atoms. The number of rotatable bonds is 6. The van der Waals surface area contributed by atoms with Gasteiger partial charge < -0.3 is 16.0 Å². The van der Waals surface area contributed by atoms with Crippen molar-refractivity contribution in [1.29, 1.82) is 0 Å². The number of hydrogen-bond acceptors (Lipinski definition) is 4. The SMILES string of the molecule is CC1(C)c2ccccc2-c2cc(Cl)c(NC(=O)C(=O)NCCCNc3ccnc4cc(Cl)ccc34)cc21. The normalized spacial score (nSPS) is 13.1.